The molecule has 0 saturated heterocycles. The van der Waals surface area contributed by atoms with Crippen LogP contribution in [0.15, 0.2) is 18.2 Å². The molecule has 0 unspecified atom stereocenters. The maximum Gasteiger partial charge on any atom is 0.152 e. The van der Waals surface area contributed by atoms with Crippen molar-refractivity contribution in [3.63, 3.8) is 0 Å². The highest BCUT2D eigenvalue weighted by Gasteiger charge is 2.21. The average molecular weight is 358 g/mol. The van der Waals surface area contributed by atoms with E-state index in [0.717, 1.165) is 22.2 Å². The van der Waals surface area contributed by atoms with Crippen molar-refractivity contribution in [3.05, 3.63) is 24.0 Å². The summed E-state index contributed by atoms with van der Waals surface area (Å²) in [5.41, 5.74) is 7.64. The summed E-state index contributed by atoms with van der Waals surface area (Å²) in [6, 6.07) is 5.69. The van der Waals surface area contributed by atoms with Crippen molar-refractivity contribution in [2.45, 2.75) is 45.9 Å². The Hall–Kier alpha value is -2.38. The summed E-state index contributed by atoms with van der Waals surface area (Å²) in [4.78, 5) is 9.18. The van der Waals surface area contributed by atoms with Crippen LogP contribution in [-0.2, 0) is 17.9 Å². The number of imidazole rings is 1. The van der Waals surface area contributed by atoms with Gasteiger partial charge in [-0.1, -0.05) is 6.07 Å². The maximum atomic E-state index is 10.2. The topological polar surface area (TPSA) is 95.4 Å². The second-order valence-electron chi connectivity index (χ2n) is 6.93. The molecule has 0 spiro atoms. The average Bonchev–Trinajstić information content (AvgIpc) is 2.96. The van der Waals surface area contributed by atoms with Gasteiger partial charge in [0.25, 0.3) is 0 Å². The number of rotatable bonds is 7. The third kappa shape index (κ3) is 3.45. The quantitative estimate of drug-likeness (QED) is 0.674. The molecule has 0 aliphatic rings. The number of fused-ring (bicyclic) bond motifs is 3. The van der Waals surface area contributed by atoms with Gasteiger partial charge in [-0.2, -0.15) is 0 Å². The third-order valence-corrected chi connectivity index (χ3v) is 4.37. The molecule has 2 aromatic heterocycles. The molecular formula is C19H26N4O3. The number of pyridine rings is 1. The Kier molecular flexibility index (Phi) is 5.02. The largest absolute Gasteiger partial charge is 0.496 e. The van der Waals surface area contributed by atoms with Crippen molar-refractivity contribution < 1.29 is 14.6 Å². The molecule has 1 aromatic carbocycles. The molecule has 3 N–H and O–H groups in total. The van der Waals surface area contributed by atoms with Crippen LogP contribution in [0.2, 0.25) is 0 Å². The van der Waals surface area contributed by atoms with E-state index in [0.29, 0.717) is 43.3 Å². The fraction of sp³-hybridized carbons (Fsp3) is 0.474. The van der Waals surface area contributed by atoms with Gasteiger partial charge in [-0.25, -0.2) is 9.97 Å². The number of nitrogen functional groups attached to an aromatic ring is 1. The molecule has 3 rings (SSSR count). The monoisotopic (exact) mass is 358 g/mol. The number of anilines is 1. The van der Waals surface area contributed by atoms with Crippen LogP contribution < -0.4 is 10.5 Å². The minimum atomic E-state index is -0.794. The molecule has 0 radical (unpaired) electrons. The summed E-state index contributed by atoms with van der Waals surface area (Å²) in [5.74, 6) is 1.85. The van der Waals surface area contributed by atoms with Crippen LogP contribution in [0.1, 0.15) is 33.0 Å². The molecule has 140 valence electrons. The van der Waals surface area contributed by atoms with Gasteiger partial charge in [-0.3, -0.25) is 0 Å². The molecule has 7 heteroatoms. The van der Waals surface area contributed by atoms with Crippen molar-refractivity contribution in [1.29, 1.82) is 0 Å². The number of nitrogens with two attached hydrogens (primary N) is 1. The van der Waals surface area contributed by atoms with Gasteiger partial charge in [0.05, 0.1) is 29.1 Å². The Labute approximate surface area is 152 Å². The number of benzene rings is 1. The Balaban J connectivity index is 2.30. The second kappa shape index (κ2) is 7.09. The number of aryl methyl sites for hydroxylation is 1. The van der Waals surface area contributed by atoms with Crippen molar-refractivity contribution in [3.8, 4) is 5.75 Å². The van der Waals surface area contributed by atoms with Gasteiger partial charge in [0.2, 0.25) is 0 Å². The van der Waals surface area contributed by atoms with E-state index in [-0.39, 0.29) is 0 Å². The number of aromatic nitrogens is 3. The van der Waals surface area contributed by atoms with Crippen LogP contribution in [0.5, 0.6) is 5.75 Å². The number of nitrogens with zero attached hydrogens (tertiary/aromatic N) is 3. The van der Waals surface area contributed by atoms with Crippen LogP contribution in [0.25, 0.3) is 21.9 Å². The van der Waals surface area contributed by atoms with E-state index in [1.807, 2.05) is 25.1 Å². The lowest BCUT2D eigenvalue weighted by Gasteiger charge is -2.19. The van der Waals surface area contributed by atoms with Crippen LogP contribution in [0, 0.1) is 0 Å². The highest BCUT2D eigenvalue weighted by molar-refractivity contribution is 6.09. The molecule has 3 aromatic rings. The summed E-state index contributed by atoms with van der Waals surface area (Å²) >= 11 is 0. The number of ether oxygens (including phenoxy) is 2. The predicted molar refractivity (Wildman–Crippen MR) is 102 cm³/mol. The molecule has 7 nitrogen and oxygen atoms in total. The molecule has 0 aliphatic heterocycles. The van der Waals surface area contributed by atoms with Gasteiger partial charge in [0, 0.05) is 13.2 Å². The molecule has 0 bridgehead atoms. The third-order valence-electron chi connectivity index (χ3n) is 4.37. The summed E-state index contributed by atoms with van der Waals surface area (Å²) in [6.45, 7) is 7.07. The number of methoxy groups -OCH3 is 1. The first-order chi connectivity index (χ1) is 12.4. The molecule has 0 amide bonds. The maximum absolute atomic E-state index is 10.2. The molecule has 0 saturated carbocycles. The molecule has 0 fully saturated rings. The van der Waals surface area contributed by atoms with Crippen LogP contribution in [0.4, 0.5) is 5.82 Å². The lowest BCUT2D eigenvalue weighted by Crippen LogP contribution is -2.22. The van der Waals surface area contributed by atoms with E-state index in [1.54, 1.807) is 21.0 Å². The smallest absolute Gasteiger partial charge is 0.152 e. The van der Waals surface area contributed by atoms with Crippen molar-refractivity contribution in [1.82, 2.24) is 14.5 Å². The Bertz CT molecular complexity index is 928. The lowest BCUT2D eigenvalue weighted by atomic mass is 10.1. The van der Waals surface area contributed by atoms with Gasteiger partial charge in [-0.15, -0.1) is 0 Å². The zero-order chi connectivity index (χ0) is 18.9. The van der Waals surface area contributed by atoms with Gasteiger partial charge < -0.3 is 24.9 Å². The standard InChI is InChI=1S/C19H26N4O3/c1-5-26-11-14-22-16-17(23(14)10-9-19(2,3)24)15-12(21-18(16)20)7-6-8-13(15)25-4/h6-8,24H,5,9-11H2,1-4H3,(H2,20,21). The van der Waals surface area contributed by atoms with Gasteiger partial charge in [0.15, 0.2) is 5.82 Å². The summed E-state index contributed by atoms with van der Waals surface area (Å²) in [7, 11) is 1.63. The minimum absolute atomic E-state index is 0.368. The van der Waals surface area contributed by atoms with Crippen molar-refractivity contribution in [2.75, 3.05) is 19.5 Å². The number of hydrogen-bond acceptors (Lipinski definition) is 6. The molecule has 26 heavy (non-hydrogen) atoms. The first-order valence-electron chi connectivity index (χ1n) is 8.77. The molecular weight excluding hydrogens is 332 g/mol. The van der Waals surface area contributed by atoms with E-state index in [9.17, 15) is 5.11 Å². The van der Waals surface area contributed by atoms with Crippen molar-refractivity contribution in [2.24, 2.45) is 0 Å². The summed E-state index contributed by atoms with van der Waals surface area (Å²) < 4.78 is 13.2. The summed E-state index contributed by atoms with van der Waals surface area (Å²) in [6.07, 6.45) is 0.566. The zero-order valence-corrected chi connectivity index (χ0v) is 15.7. The number of hydrogen-bond donors (Lipinski definition) is 2. The molecule has 2 heterocycles. The normalized spacial score (nSPS) is 12.2. The Morgan fingerprint density at radius 2 is 2.04 bits per heavy atom. The van der Waals surface area contributed by atoms with Gasteiger partial charge >= 0.3 is 0 Å². The predicted octanol–water partition coefficient (Wildman–Crippen LogP) is 2.87. The van der Waals surface area contributed by atoms with E-state index < -0.39 is 5.60 Å². The van der Waals surface area contributed by atoms with Crippen LogP contribution in [0.3, 0.4) is 0 Å². The SMILES string of the molecule is CCOCc1nc2c(N)nc3cccc(OC)c3c2n1CCC(C)(C)O. The fourth-order valence-corrected chi connectivity index (χ4v) is 3.06. The van der Waals surface area contributed by atoms with Crippen LogP contribution in [-0.4, -0.2) is 39.0 Å². The first-order valence-corrected chi connectivity index (χ1v) is 8.77. The van der Waals surface area contributed by atoms with E-state index in [4.69, 9.17) is 15.2 Å². The van der Waals surface area contributed by atoms with E-state index >= 15 is 0 Å². The Morgan fingerprint density at radius 1 is 1.27 bits per heavy atom. The minimum Gasteiger partial charge on any atom is -0.496 e. The lowest BCUT2D eigenvalue weighted by molar-refractivity contribution is 0.0651. The second-order valence-corrected chi connectivity index (χ2v) is 6.93. The highest BCUT2D eigenvalue weighted by Crippen LogP contribution is 2.35. The number of aliphatic hydroxyl groups is 1. The van der Waals surface area contributed by atoms with Gasteiger partial charge in [-0.05, 0) is 39.3 Å². The zero-order valence-electron chi connectivity index (χ0n) is 15.7. The summed E-state index contributed by atoms with van der Waals surface area (Å²) in [5, 5.41) is 11.1. The van der Waals surface area contributed by atoms with E-state index in [2.05, 4.69) is 14.5 Å². The van der Waals surface area contributed by atoms with E-state index in [1.165, 1.54) is 0 Å². The van der Waals surface area contributed by atoms with Gasteiger partial charge in [0.1, 0.15) is 23.7 Å². The van der Waals surface area contributed by atoms with Crippen LogP contribution >= 0.6 is 0 Å². The highest BCUT2D eigenvalue weighted by atomic mass is 16.5. The first kappa shape index (κ1) is 18.4. The Morgan fingerprint density at radius 3 is 2.69 bits per heavy atom. The molecule has 0 atom stereocenters. The fourth-order valence-electron chi connectivity index (χ4n) is 3.06. The molecule has 0 aliphatic carbocycles. The van der Waals surface area contributed by atoms with Crippen molar-refractivity contribution >= 4 is 27.8 Å².